The fraction of sp³-hybridized carbons (Fsp3) is 0.0909. The van der Waals surface area contributed by atoms with Gasteiger partial charge in [0.05, 0.1) is 11.3 Å². The van der Waals surface area contributed by atoms with E-state index in [1.165, 1.54) is 17.7 Å². The third-order valence-corrected chi connectivity index (χ3v) is 5.37. The Balaban J connectivity index is 1.81. The van der Waals surface area contributed by atoms with E-state index in [1.807, 2.05) is 42.6 Å². The second kappa shape index (κ2) is 6.74. The highest BCUT2D eigenvalue weighted by Gasteiger charge is 2.30. The summed E-state index contributed by atoms with van der Waals surface area (Å²) in [5.74, 6) is 0. The molecule has 0 fully saturated rings. The van der Waals surface area contributed by atoms with Crippen LogP contribution in [0, 0.1) is 6.92 Å². The van der Waals surface area contributed by atoms with Gasteiger partial charge in [-0.1, -0.05) is 48.0 Å². The summed E-state index contributed by atoms with van der Waals surface area (Å²) in [4.78, 5) is 4.52. The first-order valence-corrected chi connectivity index (χ1v) is 9.31. The summed E-state index contributed by atoms with van der Waals surface area (Å²) in [6.45, 7) is 2.03. The van der Waals surface area contributed by atoms with E-state index in [0.29, 0.717) is 0 Å². The summed E-state index contributed by atoms with van der Waals surface area (Å²) >= 11 is 1.63. The van der Waals surface area contributed by atoms with Crippen LogP contribution in [-0.2, 0) is 6.18 Å². The van der Waals surface area contributed by atoms with Crippen molar-refractivity contribution in [3.05, 3.63) is 83.2 Å². The molecule has 0 unspecified atom stereocenters. The van der Waals surface area contributed by atoms with Gasteiger partial charge in [-0.3, -0.25) is 0 Å². The van der Waals surface area contributed by atoms with Crippen molar-refractivity contribution >= 4 is 11.3 Å². The van der Waals surface area contributed by atoms with Crippen molar-refractivity contribution in [1.29, 1.82) is 0 Å². The van der Waals surface area contributed by atoms with Crippen LogP contribution in [0.2, 0.25) is 0 Å². The average molecular weight is 383 g/mol. The van der Waals surface area contributed by atoms with Crippen molar-refractivity contribution in [3.63, 3.8) is 0 Å². The zero-order valence-corrected chi connectivity index (χ0v) is 15.3. The second-order valence-electron chi connectivity index (χ2n) is 6.39. The van der Waals surface area contributed by atoms with Crippen LogP contribution in [0.15, 0.2) is 72.1 Å². The molecule has 0 saturated carbocycles. The lowest BCUT2D eigenvalue weighted by Crippen LogP contribution is -2.03. The Hall–Kier alpha value is -2.79. The van der Waals surface area contributed by atoms with Crippen LogP contribution in [0.4, 0.5) is 13.2 Å². The van der Waals surface area contributed by atoms with Gasteiger partial charge in [0.15, 0.2) is 0 Å². The Morgan fingerprint density at radius 1 is 0.852 bits per heavy atom. The molecule has 0 atom stereocenters. The summed E-state index contributed by atoms with van der Waals surface area (Å²) in [5, 5.41) is 2.01. The normalized spacial score (nSPS) is 11.7. The van der Waals surface area contributed by atoms with Crippen molar-refractivity contribution in [2.45, 2.75) is 13.1 Å². The maximum atomic E-state index is 12.8. The minimum absolute atomic E-state index is 0.643. The third-order valence-electron chi connectivity index (χ3n) is 4.47. The summed E-state index contributed by atoms with van der Waals surface area (Å²) in [7, 11) is 0. The van der Waals surface area contributed by atoms with E-state index < -0.39 is 11.7 Å². The lowest BCUT2D eigenvalue weighted by atomic mass is 10.0. The third kappa shape index (κ3) is 3.55. The van der Waals surface area contributed by atoms with Crippen LogP contribution in [-0.4, -0.2) is 4.98 Å². The maximum Gasteiger partial charge on any atom is 0.416 e. The Bertz CT molecular complexity index is 1040. The number of aromatic amines is 1. The molecule has 1 N–H and O–H groups in total. The van der Waals surface area contributed by atoms with Crippen LogP contribution in [0.1, 0.15) is 11.1 Å². The minimum Gasteiger partial charge on any atom is -0.354 e. The Morgan fingerprint density at radius 2 is 1.52 bits per heavy atom. The molecule has 27 heavy (non-hydrogen) atoms. The van der Waals surface area contributed by atoms with Gasteiger partial charge < -0.3 is 4.98 Å². The second-order valence-corrected chi connectivity index (χ2v) is 7.34. The standard InChI is InChI=1S/C22H16F3NS/c1-14-4-6-16(7-5-14)21-18(20-3-2-12-27-20)13-19(26-21)15-8-10-17(11-9-15)22(23,24)25/h2-13,26H,1H3. The molecule has 4 rings (SSSR count). The number of hydrogen-bond donors (Lipinski definition) is 1. The van der Waals surface area contributed by atoms with Crippen LogP contribution in [0.25, 0.3) is 33.0 Å². The summed E-state index contributed by atoms with van der Waals surface area (Å²) in [6.07, 6.45) is -4.33. The Labute approximate surface area is 159 Å². The summed E-state index contributed by atoms with van der Waals surface area (Å²) < 4.78 is 38.5. The number of benzene rings is 2. The molecular weight excluding hydrogens is 367 g/mol. The Morgan fingerprint density at radius 3 is 2.11 bits per heavy atom. The summed E-state index contributed by atoms with van der Waals surface area (Å²) in [5.41, 5.74) is 5.10. The molecule has 0 radical (unpaired) electrons. The molecule has 2 aromatic carbocycles. The highest BCUT2D eigenvalue weighted by Crippen LogP contribution is 2.38. The number of nitrogens with one attached hydrogen (secondary N) is 1. The molecule has 0 aliphatic rings. The topological polar surface area (TPSA) is 15.8 Å². The van der Waals surface area contributed by atoms with Gasteiger partial charge in [-0.05, 0) is 47.7 Å². The van der Waals surface area contributed by atoms with E-state index >= 15 is 0 Å². The van der Waals surface area contributed by atoms with E-state index in [-0.39, 0.29) is 0 Å². The first-order valence-electron chi connectivity index (χ1n) is 8.43. The quantitative estimate of drug-likeness (QED) is 0.379. The van der Waals surface area contributed by atoms with Crippen molar-refractivity contribution < 1.29 is 13.2 Å². The molecule has 136 valence electrons. The van der Waals surface area contributed by atoms with Gasteiger partial charge in [-0.25, -0.2) is 0 Å². The lowest BCUT2D eigenvalue weighted by Gasteiger charge is -2.07. The molecule has 1 nitrogen and oxygen atoms in total. The van der Waals surface area contributed by atoms with E-state index in [0.717, 1.165) is 45.1 Å². The van der Waals surface area contributed by atoms with Crippen molar-refractivity contribution in [2.24, 2.45) is 0 Å². The van der Waals surface area contributed by atoms with Crippen molar-refractivity contribution in [2.75, 3.05) is 0 Å². The fourth-order valence-corrected chi connectivity index (χ4v) is 3.77. The van der Waals surface area contributed by atoms with Crippen LogP contribution in [0.3, 0.4) is 0 Å². The van der Waals surface area contributed by atoms with Crippen molar-refractivity contribution in [3.8, 4) is 33.0 Å². The largest absolute Gasteiger partial charge is 0.416 e. The molecule has 0 aliphatic heterocycles. The van der Waals surface area contributed by atoms with E-state index in [4.69, 9.17) is 0 Å². The number of aryl methyl sites for hydroxylation is 1. The maximum absolute atomic E-state index is 12.8. The van der Waals surface area contributed by atoms with Gasteiger partial charge in [0.25, 0.3) is 0 Å². The number of alkyl halides is 3. The van der Waals surface area contributed by atoms with Gasteiger partial charge in [0, 0.05) is 16.1 Å². The highest BCUT2D eigenvalue weighted by molar-refractivity contribution is 7.13. The number of hydrogen-bond acceptors (Lipinski definition) is 1. The predicted molar refractivity (Wildman–Crippen MR) is 105 cm³/mol. The van der Waals surface area contributed by atoms with Gasteiger partial charge >= 0.3 is 6.18 Å². The molecular formula is C22H16F3NS. The van der Waals surface area contributed by atoms with Crippen LogP contribution in [0.5, 0.6) is 0 Å². The SMILES string of the molecule is Cc1ccc(-c2[nH]c(-c3ccc(C(F)(F)F)cc3)cc2-c2cccs2)cc1. The molecule has 5 heteroatoms. The Kier molecular flexibility index (Phi) is 4.40. The molecule has 0 spiro atoms. The van der Waals surface area contributed by atoms with E-state index in [9.17, 15) is 13.2 Å². The zero-order chi connectivity index (χ0) is 19.0. The van der Waals surface area contributed by atoms with Gasteiger partial charge in [0.2, 0.25) is 0 Å². The number of thiophene rings is 1. The monoisotopic (exact) mass is 383 g/mol. The zero-order valence-electron chi connectivity index (χ0n) is 14.5. The summed E-state index contributed by atoms with van der Waals surface area (Å²) in [6, 6.07) is 19.5. The minimum atomic E-state index is -4.33. The van der Waals surface area contributed by atoms with Crippen LogP contribution < -0.4 is 0 Å². The number of aromatic nitrogens is 1. The van der Waals surface area contributed by atoms with Gasteiger partial charge in [-0.2, -0.15) is 13.2 Å². The molecule has 0 aliphatic carbocycles. The molecule has 0 amide bonds. The number of halogens is 3. The first-order chi connectivity index (χ1) is 12.9. The lowest BCUT2D eigenvalue weighted by molar-refractivity contribution is -0.137. The smallest absolute Gasteiger partial charge is 0.354 e. The molecule has 0 saturated heterocycles. The average Bonchev–Trinajstić information content (AvgIpc) is 3.31. The molecule has 2 aromatic heterocycles. The number of rotatable bonds is 3. The predicted octanol–water partition coefficient (Wildman–Crippen LogP) is 7.40. The fourth-order valence-electron chi connectivity index (χ4n) is 3.02. The van der Waals surface area contributed by atoms with Gasteiger partial charge in [-0.15, -0.1) is 11.3 Å². The van der Waals surface area contributed by atoms with Gasteiger partial charge in [0.1, 0.15) is 0 Å². The van der Waals surface area contributed by atoms with E-state index in [1.54, 1.807) is 11.3 Å². The van der Waals surface area contributed by atoms with Crippen molar-refractivity contribution in [1.82, 2.24) is 4.98 Å². The first kappa shape index (κ1) is 17.6. The molecule has 4 aromatic rings. The van der Waals surface area contributed by atoms with E-state index in [2.05, 4.69) is 17.1 Å². The highest BCUT2D eigenvalue weighted by atomic mass is 32.1. The molecule has 2 heterocycles. The number of H-pyrrole nitrogens is 1. The van der Waals surface area contributed by atoms with Crippen LogP contribution >= 0.6 is 11.3 Å². The molecule has 0 bridgehead atoms.